The van der Waals surface area contributed by atoms with E-state index in [0.717, 1.165) is 6.08 Å². The zero-order valence-electron chi connectivity index (χ0n) is 25.7. The molecule has 0 bridgehead atoms. The third kappa shape index (κ3) is 12.8. The Kier molecular flexibility index (Phi) is 14.8. The van der Waals surface area contributed by atoms with E-state index in [9.17, 15) is 19.2 Å². The van der Waals surface area contributed by atoms with Crippen molar-refractivity contribution < 1.29 is 57.1 Å². The second-order valence-corrected chi connectivity index (χ2v) is 9.39. The van der Waals surface area contributed by atoms with Gasteiger partial charge in [-0.15, -0.1) is 0 Å². The molecule has 0 atom stereocenters. The van der Waals surface area contributed by atoms with Crippen LogP contribution in [-0.2, 0) is 28.5 Å². The Morgan fingerprint density at radius 3 is 1.59 bits per heavy atom. The van der Waals surface area contributed by atoms with Gasteiger partial charge in [-0.05, 0) is 79.2 Å². The molecular formula is C34H36O12. The predicted octanol–water partition coefficient (Wildman–Crippen LogP) is 4.52. The lowest BCUT2D eigenvalue weighted by Gasteiger charge is -2.11. The summed E-state index contributed by atoms with van der Waals surface area (Å²) >= 11 is 0. The number of benzene rings is 3. The van der Waals surface area contributed by atoms with Crippen molar-refractivity contribution in [3.8, 4) is 23.0 Å². The summed E-state index contributed by atoms with van der Waals surface area (Å²) in [6, 6.07) is 17.6. The third-order valence-corrected chi connectivity index (χ3v) is 5.90. The zero-order chi connectivity index (χ0) is 33.1. The van der Waals surface area contributed by atoms with Gasteiger partial charge in [0.05, 0.1) is 37.6 Å². The van der Waals surface area contributed by atoms with Crippen molar-refractivity contribution in [1.82, 2.24) is 0 Å². The highest BCUT2D eigenvalue weighted by atomic mass is 16.6. The fraction of sp³-hybridized carbons (Fsp3) is 0.294. The van der Waals surface area contributed by atoms with Crippen LogP contribution in [0.1, 0.15) is 33.2 Å². The number of aryl methyl sites for hydroxylation is 1. The molecule has 0 aliphatic carbocycles. The summed E-state index contributed by atoms with van der Waals surface area (Å²) in [5.74, 6) is -0.289. The number of carbonyl (C=O) groups excluding carboxylic acids is 4. The Morgan fingerprint density at radius 1 is 0.609 bits per heavy atom. The topological polar surface area (TPSA) is 142 Å². The van der Waals surface area contributed by atoms with Crippen LogP contribution in [0.3, 0.4) is 0 Å². The summed E-state index contributed by atoms with van der Waals surface area (Å²) in [6.45, 7) is 8.36. The Hall–Kier alpha value is -5.20. The van der Waals surface area contributed by atoms with Gasteiger partial charge in [0.25, 0.3) is 0 Å². The number of ether oxygens (including phenoxy) is 8. The third-order valence-electron chi connectivity index (χ3n) is 5.90. The molecule has 0 aromatic heterocycles. The van der Waals surface area contributed by atoms with Crippen LogP contribution in [0.5, 0.6) is 23.0 Å². The first kappa shape index (κ1) is 35.3. The maximum Gasteiger partial charge on any atom is 0.343 e. The fourth-order valence-corrected chi connectivity index (χ4v) is 3.64. The monoisotopic (exact) mass is 636 g/mol. The van der Waals surface area contributed by atoms with Gasteiger partial charge in [-0.2, -0.15) is 0 Å². The molecule has 46 heavy (non-hydrogen) atoms. The summed E-state index contributed by atoms with van der Waals surface area (Å²) < 4.78 is 42.4. The number of carbonyl (C=O) groups is 4. The molecule has 0 amide bonds. The first-order chi connectivity index (χ1) is 22.2. The molecule has 3 aromatic carbocycles. The molecule has 0 aliphatic rings. The molecule has 244 valence electrons. The van der Waals surface area contributed by atoms with Crippen LogP contribution in [0.15, 0.2) is 79.4 Å². The first-order valence-electron chi connectivity index (χ1n) is 14.3. The van der Waals surface area contributed by atoms with Crippen LogP contribution < -0.4 is 18.9 Å². The lowest BCUT2D eigenvalue weighted by molar-refractivity contribution is -0.142. The van der Waals surface area contributed by atoms with Crippen LogP contribution >= 0.6 is 0 Å². The van der Waals surface area contributed by atoms with Crippen molar-refractivity contribution in [2.24, 2.45) is 0 Å². The molecule has 0 saturated heterocycles. The minimum Gasteiger partial charge on any atom is -0.491 e. The van der Waals surface area contributed by atoms with Crippen LogP contribution in [0.2, 0.25) is 0 Å². The van der Waals surface area contributed by atoms with Gasteiger partial charge in [0.1, 0.15) is 49.4 Å². The van der Waals surface area contributed by atoms with Gasteiger partial charge in [-0.3, -0.25) is 4.79 Å². The molecule has 0 unspecified atom stereocenters. The first-order valence-corrected chi connectivity index (χ1v) is 14.3. The van der Waals surface area contributed by atoms with Crippen molar-refractivity contribution >= 4 is 23.9 Å². The van der Waals surface area contributed by atoms with E-state index in [1.54, 1.807) is 67.6 Å². The molecule has 0 radical (unpaired) electrons. The molecule has 12 heteroatoms. The van der Waals surface area contributed by atoms with Crippen LogP contribution in [0, 0.1) is 6.92 Å². The summed E-state index contributed by atoms with van der Waals surface area (Å²) in [4.78, 5) is 47.0. The Labute approximate surface area is 266 Å². The molecule has 3 rings (SSSR count). The summed E-state index contributed by atoms with van der Waals surface area (Å²) in [6.07, 6.45) is 1.08. The summed E-state index contributed by atoms with van der Waals surface area (Å²) in [7, 11) is 0. The number of esters is 4. The predicted molar refractivity (Wildman–Crippen MR) is 164 cm³/mol. The van der Waals surface area contributed by atoms with Gasteiger partial charge in [0, 0.05) is 13.0 Å². The lowest BCUT2D eigenvalue weighted by Crippen LogP contribution is -2.13. The number of rotatable bonds is 19. The van der Waals surface area contributed by atoms with Gasteiger partial charge < -0.3 is 37.9 Å². The Balaban J connectivity index is 1.39. The van der Waals surface area contributed by atoms with Crippen molar-refractivity contribution in [2.75, 3.05) is 52.9 Å². The molecular weight excluding hydrogens is 600 g/mol. The molecule has 3 aromatic rings. The Morgan fingerprint density at radius 2 is 1.09 bits per heavy atom. The van der Waals surface area contributed by atoms with E-state index in [1.165, 1.54) is 13.0 Å². The Bertz CT molecular complexity index is 1450. The van der Waals surface area contributed by atoms with E-state index in [4.69, 9.17) is 37.9 Å². The normalized spacial score (nSPS) is 10.4. The second-order valence-electron chi connectivity index (χ2n) is 9.39. The molecule has 0 saturated carbocycles. The highest BCUT2D eigenvalue weighted by molar-refractivity contribution is 5.92. The van der Waals surface area contributed by atoms with Gasteiger partial charge in [-0.1, -0.05) is 6.58 Å². The van der Waals surface area contributed by atoms with Crippen LogP contribution in [0.25, 0.3) is 0 Å². The molecule has 0 N–H and O–H groups in total. The average molecular weight is 637 g/mol. The molecule has 0 aliphatic heterocycles. The number of hydrogen-bond donors (Lipinski definition) is 0. The average Bonchev–Trinajstić information content (AvgIpc) is 3.05. The summed E-state index contributed by atoms with van der Waals surface area (Å²) in [5, 5.41) is 0. The zero-order valence-corrected chi connectivity index (χ0v) is 25.7. The molecule has 12 nitrogen and oxygen atoms in total. The molecule has 0 fully saturated rings. The van der Waals surface area contributed by atoms with E-state index < -0.39 is 17.9 Å². The quantitative estimate of drug-likeness (QED) is 0.0790. The maximum atomic E-state index is 12.7. The minimum absolute atomic E-state index is 0.127. The van der Waals surface area contributed by atoms with E-state index in [0.29, 0.717) is 47.2 Å². The maximum absolute atomic E-state index is 12.7. The van der Waals surface area contributed by atoms with Gasteiger partial charge >= 0.3 is 23.9 Å². The van der Waals surface area contributed by atoms with Crippen LogP contribution in [0.4, 0.5) is 0 Å². The van der Waals surface area contributed by atoms with Gasteiger partial charge in [0.15, 0.2) is 0 Å². The standard InChI is InChI=1S/C34H36O12/c1-4-32(36)44-22-18-40-17-21-43-28-9-5-26(6-10-28)33(37)45-30-13-14-31(24(2)23-30)46-34(38)27-7-11-29(12-8-27)42-20-16-39-15-19-41-25(3)35/h4-14,23H,1,15-22H2,2-3H3. The number of hydrogen-bond acceptors (Lipinski definition) is 12. The van der Waals surface area contributed by atoms with E-state index in [-0.39, 0.29) is 51.4 Å². The SMILES string of the molecule is C=CC(=O)OCCOCCOc1ccc(C(=O)Oc2ccc(OC(=O)c3ccc(OCCOCCOC(C)=O)cc3)c(C)c2)cc1. The highest BCUT2D eigenvalue weighted by Crippen LogP contribution is 2.25. The highest BCUT2D eigenvalue weighted by Gasteiger charge is 2.14. The van der Waals surface area contributed by atoms with E-state index in [2.05, 4.69) is 6.58 Å². The summed E-state index contributed by atoms with van der Waals surface area (Å²) in [5.41, 5.74) is 1.24. The van der Waals surface area contributed by atoms with Crippen molar-refractivity contribution in [3.05, 3.63) is 96.1 Å². The van der Waals surface area contributed by atoms with Gasteiger partial charge in [0.2, 0.25) is 0 Å². The second kappa shape index (κ2) is 19.2. The van der Waals surface area contributed by atoms with Gasteiger partial charge in [-0.25, -0.2) is 14.4 Å². The largest absolute Gasteiger partial charge is 0.491 e. The lowest BCUT2D eigenvalue weighted by atomic mass is 10.2. The molecule has 0 heterocycles. The van der Waals surface area contributed by atoms with Crippen molar-refractivity contribution in [1.29, 1.82) is 0 Å². The smallest absolute Gasteiger partial charge is 0.343 e. The van der Waals surface area contributed by atoms with Crippen LogP contribution in [-0.4, -0.2) is 76.7 Å². The van der Waals surface area contributed by atoms with Crippen molar-refractivity contribution in [2.45, 2.75) is 13.8 Å². The minimum atomic E-state index is -0.566. The van der Waals surface area contributed by atoms with Crippen molar-refractivity contribution in [3.63, 3.8) is 0 Å². The van der Waals surface area contributed by atoms with E-state index >= 15 is 0 Å². The molecule has 0 spiro atoms. The fourth-order valence-electron chi connectivity index (χ4n) is 3.64. The van der Waals surface area contributed by atoms with E-state index in [1.807, 2.05) is 0 Å².